The van der Waals surface area contributed by atoms with Gasteiger partial charge in [-0.25, -0.2) is 4.39 Å². The summed E-state index contributed by atoms with van der Waals surface area (Å²) in [6.07, 6.45) is 4.19. The molecule has 2 nitrogen and oxygen atoms in total. The molecule has 0 radical (unpaired) electrons. The Morgan fingerprint density at radius 2 is 2.20 bits per heavy atom. The lowest BCUT2D eigenvalue weighted by atomic mass is 10.0. The van der Waals surface area contributed by atoms with Crippen molar-refractivity contribution in [1.82, 2.24) is 0 Å². The molecule has 1 aromatic heterocycles. The van der Waals surface area contributed by atoms with Crippen molar-refractivity contribution < 1.29 is 8.81 Å². The minimum atomic E-state index is -0.214. The number of fused-ring (bicyclic) bond motifs is 1. The second-order valence-corrected chi connectivity index (χ2v) is 4.44. The number of benzene rings is 1. The van der Waals surface area contributed by atoms with Gasteiger partial charge in [-0.3, -0.25) is 0 Å². The van der Waals surface area contributed by atoms with Crippen molar-refractivity contribution in [2.45, 2.75) is 24.8 Å². The first-order chi connectivity index (χ1) is 7.16. The van der Waals surface area contributed by atoms with Gasteiger partial charge in [0, 0.05) is 17.0 Å². The molecule has 15 heavy (non-hydrogen) atoms. The number of hydrogen-bond acceptors (Lipinski definition) is 2. The molecule has 0 amide bonds. The predicted molar refractivity (Wildman–Crippen MR) is 56.0 cm³/mol. The second-order valence-electron chi connectivity index (χ2n) is 4.44. The molecule has 0 atom stereocenters. The van der Waals surface area contributed by atoms with E-state index in [4.69, 9.17) is 10.2 Å². The first-order valence-electron chi connectivity index (χ1n) is 5.11. The van der Waals surface area contributed by atoms with Gasteiger partial charge in [-0.2, -0.15) is 0 Å². The van der Waals surface area contributed by atoms with Crippen molar-refractivity contribution >= 4 is 11.0 Å². The van der Waals surface area contributed by atoms with Crippen LogP contribution in [0.25, 0.3) is 11.0 Å². The summed E-state index contributed by atoms with van der Waals surface area (Å²) in [5, 5.41) is 0.940. The van der Waals surface area contributed by atoms with Gasteiger partial charge in [-0.1, -0.05) is 0 Å². The monoisotopic (exact) mass is 205 g/mol. The Labute approximate surface area is 86.9 Å². The molecule has 0 spiro atoms. The molecule has 3 rings (SSSR count). The van der Waals surface area contributed by atoms with E-state index < -0.39 is 0 Å². The van der Waals surface area contributed by atoms with E-state index in [1.54, 1.807) is 6.26 Å². The highest BCUT2D eigenvalue weighted by molar-refractivity contribution is 5.78. The largest absolute Gasteiger partial charge is 0.464 e. The third-order valence-corrected chi connectivity index (χ3v) is 3.06. The number of halogens is 1. The molecule has 0 saturated heterocycles. The third-order valence-electron chi connectivity index (χ3n) is 3.06. The molecule has 0 aliphatic heterocycles. The van der Waals surface area contributed by atoms with Gasteiger partial charge in [0.2, 0.25) is 0 Å². The van der Waals surface area contributed by atoms with E-state index in [1.165, 1.54) is 6.07 Å². The Morgan fingerprint density at radius 3 is 2.93 bits per heavy atom. The van der Waals surface area contributed by atoms with E-state index in [2.05, 4.69) is 0 Å². The fourth-order valence-corrected chi connectivity index (χ4v) is 1.88. The molecule has 78 valence electrons. The summed E-state index contributed by atoms with van der Waals surface area (Å²) in [6.45, 7) is 0. The minimum absolute atomic E-state index is 0.155. The Hall–Kier alpha value is -1.35. The van der Waals surface area contributed by atoms with Crippen LogP contribution >= 0.6 is 0 Å². The van der Waals surface area contributed by atoms with Crippen LogP contribution < -0.4 is 5.73 Å². The van der Waals surface area contributed by atoms with Crippen LogP contribution in [0.2, 0.25) is 0 Å². The highest BCUT2D eigenvalue weighted by Crippen LogP contribution is 2.36. The molecular formula is C12H12FNO. The maximum absolute atomic E-state index is 13.6. The highest BCUT2D eigenvalue weighted by atomic mass is 19.1. The molecule has 2 N–H and O–H groups in total. The third kappa shape index (κ3) is 1.53. The number of rotatable bonds is 2. The fraction of sp³-hybridized carbons (Fsp3) is 0.333. The standard InChI is InChI=1S/C12H12FNO/c13-10-6-11-8(1-4-15-11)5-9(10)7-12(14)2-3-12/h1,4-6H,2-3,7,14H2. The molecule has 2 aromatic rings. The maximum Gasteiger partial charge on any atom is 0.136 e. The molecule has 3 heteroatoms. The van der Waals surface area contributed by atoms with Gasteiger partial charge >= 0.3 is 0 Å². The van der Waals surface area contributed by atoms with Crippen LogP contribution in [0.1, 0.15) is 18.4 Å². The van der Waals surface area contributed by atoms with Crippen LogP contribution in [0.5, 0.6) is 0 Å². The predicted octanol–water partition coefficient (Wildman–Crippen LogP) is 2.61. The zero-order valence-corrected chi connectivity index (χ0v) is 8.29. The SMILES string of the molecule is NC1(Cc2cc3ccoc3cc2F)CC1. The zero-order valence-electron chi connectivity index (χ0n) is 8.29. The summed E-state index contributed by atoms with van der Waals surface area (Å²) in [6, 6.07) is 5.12. The molecule has 1 heterocycles. The summed E-state index contributed by atoms with van der Waals surface area (Å²) in [4.78, 5) is 0. The Balaban J connectivity index is 2.05. The topological polar surface area (TPSA) is 39.2 Å². The van der Waals surface area contributed by atoms with Crippen molar-refractivity contribution in [2.75, 3.05) is 0 Å². The van der Waals surface area contributed by atoms with E-state index in [-0.39, 0.29) is 11.4 Å². The van der Waals surface area contributed by atoms with Crippen molar-refractivity contribution in [1.29, 1.82) is 0 Å². The number of furan rings is 1. The lowest BCUT2D eigenvalue weighted by Gasteiger charge is -2.09. The van der Waals surface area contributed by atoms with Gasteiger partial charge < -0.3 is 10.2 Å². The van der Waals surface area contributed by atoms with Crippen molar-refractivity contribution in [3.8, 4) is 0 Å². The summed E-state index contributed by atoms with van der Waals surface area (Å²) in [5.41, 5.74) is 7.12. The van der Waals surface area contributed by atoms with Crippen molar-refractivity contribution in [3.05, 3.63) is 35.8 Å². The van der Waals surface area contributed by atoms with Gasteiger partial charge in [0.05, 0.1) is 6.26 Å². The average Bonchev–Trinajstić information content (AvgIpc) is 2.74. The van der Waals surface area contributed by atoms with Crippen LogP contribution in [-0.2, 0) is 6.42 Å². The van der Waals surface area contributed by atoms with Crippen LogP contribution in [0.3, 0.4) is 0 Å². The average molecular weight is 205 g/mol. The van der Waals surface area contributed by atoms with E-state index in [0.717, 1.165) is 18.2 Å². The molecule has 1 saturated carbocycles. The summed E-state index contributed by atoms with van der Waals surface area (Å²) < 4.78 is 18.8. The highest BCUT2D eigenvalue weighted by Gasteiger charge is 2.38. The Morgan fingerprint density at radius 1 is 1.40 bits per heavy atom. The fourth-order valence-electron chi connectivity index (χ4n) is 1.88. The van der Waals surface area contributed by atoms with E-state index in [1.807, 2.05) is 12.1 Å². The summed E-state index contributed by atoms with van der Waals surface area (Å²) in [5.74, 6) is -0.214. The molecular weight excluding hydrogens is 193 g/mol. The Bertz CT molecular complexity index is 513. The first kappa shape index (κ1) is 8.92. The normalized spacial score (nSPS) is 18.3. The molecule has 1 fully saturated rings. The summed E-state index contributed by atoms with van der Waals surface area (Å²) in [7, 11) is 0. The molecule has 0 unspecified atom stereocenters. The van der Waals surface area contributed by atoms with Gasteiger partial charge in [0.1, 0.15) is 11.4 Å². The van der Waals surface area contributed by atoms with Gasteiger partial charge in [0.15, 0.2) is 0 Å². The van der Waals surface area contributed by atoms with Gasteiger partial charge in [-0.15, -0.1) is 0 Å². The van der Waals surface area contributed by atoms with E-state index in [0.29, 0.717) is 17.6 Å². The second kappa shape index (κ2) is 2.83. The molecule has 1 aromatic carbocycles. The summed E-state index contributed by atoms with van der Waals surface area (Å²) >= 11 is 0. The molecule has 1 aliphatic rings. The lowest BCUT2D eigenvalue weighted by molar-refractivity contribution is 0.574. The van der Waals surface area contributed by atoms with Crippen LogP contribution in [0.15, 0.2) is 28.9 Å². The zero-order chi connectivity index (χ0) is 10.5. The van der Waals surface area contributed by atoms with Crippen molar-refractivity contribution in [3.63, 3.8) is 0 Å². The van der Waals surface area contributed by atoms with Gasteiger partial charge in [-0.05, 0) is 37.0 Å². The van der Waals surface area contributed by atoms with Crippen LogP contribution in [0, 0.1) is 5.82 Å². The van der Waals surface area contributed by atoms with E-state index in [9.17, 15) is 4.39 Å². The number of hydrogen-bond donors (Lipinski definition) is 1. The maximum atomic E-state index is 13.6. The molecule has 1 aliphatic carbocycles. The molecule has 0 bridgehead atoms. The van der Waals surface area contributed by atoms with Crippen LogP contribution in [-0.4, -0.2) is 5.54 Å². The number of nitrogens with two attached hydrogens (primary N) is 1. The smallest absolute Gasteiger partial charge is 0.136 e. The van der Waals surface area contributed by atoms with Crippen molar-refractivity contribution in [2.24, 2.45) is 5.73 Å². The lowest BCUT2D eigenvalue weighted by Crippen LogP contribution is -2.24. The van der Waals surface area contributed by atoms with Gasteiger partial charge in [0.25, 0.3) is 0 Å². The Kier molecular flexibility index (Phi) is 1.68. The first-order valence-corrected chi connectivity index (χ1v) is 5.11. The minimum Gasteiger partial charge on any atom is -0.464 e. The van der Waals surface area contributed by atoms with Crippen LogP contribution in [0.4, 0.5) is 4.39 Å². The van der Waals surface area contributed by atoms with E-state index >= 15 is 0 Å². The quantitative estimate of drug-likeness (QED) is 0.818.